The van der Waals surface area contributed by atoms with E-state index in [4.69, 9.17) is 0 Å². The summed E-state index contributed by atoms with van der Waals surface area (Å²) >= 11 is 0. The Balaban J connectivity index is 2.84. The molecule has 0 saturated carbocycles. The van der Waals surface area contributed by atoms with E-state index in [0.717, 1.165) is 16.6 Å². The number of para-hydroxylation sites is 1. The molecule has 0 unspecified atom stereocenters. The minimum atomic E-state index is 0.0636. The van der Waals surface area contributed by atoms with Crippen molar-refractivity contribution in [3.63, 3.8) is 0 Å². The van der Waals surface area contributed by atoms with Gasteiger partial charge in [0.25, 0.3) is 0 Å². The zero-order valence-electron chi connectivity index (χ0n) is 8.24. The van der Waals surface area contributed by atoms with E-state index in [1.165, 1.54) is 0 Å². The van der Waals surface area contributed by atoms with Gasteiger partial charge < -0.3 is 0 Å². The first-order valence-electron chi connectivity index (χ1n) is 4.56. The summed E-state index contributed by atoms with van der Waals surface area (Å²) in [4.78, 5) is 15.7. The average Bonchev–Trinajstić information content (AvgIpc) is 2.16. The van der Waals surface area contributed by atoms with E-state index in [-0.39, 0.29) is 5.78 Å². The Kier molecular flexibility index (Phi) is 2.04. The molecule has 2 aromatic rings. The van der Waals surface area contributed by atoms with Crippen molar-refractivity contribution in [1.29, 1.82) is 0 Å². The number of nitrogens with zero attached hydrogens (tertiary/aromatic N) is 1. The predicted octanol–water partition coefficient (Wildman–Crippen LogP) is 2.75. The van der Waals surface area contributed by atoms with Gasteiger partial charge in [0.05, 0.1) is 5.52 Å². The normalized spacial score (nSPS) is 10.4. The lowest BCUT2D eigenvalue weighted by Gasteiger charge is -2.02. The molecule has 2 heteroatoms. The molecule has 0 atom stereocenters. The summed E-state index contributed by atoms with van der Waals surface area (Å²) in [5.41, 5.74) is 2.44. The molecule has 0 aliphatic rings. The first kappa shape index (κ1) is 8.88. The molecule has 0 N–H and O–H groups in total. The minimum absolute atomic E-state index is 0.0636. The smallest absolute Gasteiger partial charge is 0.161 e. The van der Waals surface area contributed by atoms with Crippen LogP contribution >= 0.6 is 0 Å². The van der Waals surface area contributed by atoms with Crippen molar-refractivity contribution < 1.29 is 4.79 Å². The highest BCUT2D eigenvalue weighted by molar-refractivity contribution is 6.05. The first-order chi connectivity index (χ1) is 6.68. The minimum Gasteiger partial charge on any atom is -0.294 e. The number of hydrogen-bond donors (Lipinski definition) is 0. The van der Waals surface area contributed by atoms with E-state index in [0.29, 0.717) is 5.56 Å². The van der Waals surface area contributed by atoms with Crippen molar-refractivity contribution in [2.24, 2.45) is 0 Å². The van der Waals surface area contributed by atoms with Crippen LogP contribution in [0.3, 0.4) is 0 Å². The molecule has 70 valence electrons. The first-order valence-corrected chi connectivity index (χ1v) is 4.56. The van der Waals surface area contributed by atoms with E-state index in [1.807, 2.05) is 37.3 Å². The zero-order valence-corrected chi connectivity index (χ0v) is 8.24. The van der Waals surface area contributed by atoms with Crippen LogP contribution in [0.2, 0.25) is 0 Å². The highest BCUT2D eigenvalue weighted by Gasteiger charge is 2.05. The quantitative estimate of drug-likeness (QED) is 0.639. The zero-order chi connectivity index (χ0) is 10.1. The molecule has 0 aliphatic heterocycles. The monoisotopic (exact) mass is 185 g/mol. The molecule has 0 bridgehead atoms. The Hall–Kier alpha value is -1.70. The molecular weight excluding hydrogens is 174 g/mol. The highest BCUT2D eigenvalue weighted by Crippen LogP contribution is 2.17. The van der Waals surface area contributed by atoms with E-state index < -0.39 is 0 Å². The number of rotatable bonds is 1. The molecular formula is C12H11NO. The number of Topliss-reactive ketones (excluding diaryl/α,β-unsaturated/α-hetero) is 1. The molecule has 1 aromatic heterocycles. The topological polar surface area (TPSA) is 30.0 Å². The summed E-state index contributed by atoms with van der Waals surface area (Å²) in [5.74, 6) is 0.0636. The lowest BCUT2D eigenvalue weighted by Crippen LogP contribution is -1.95. The van der Waals surface area contributed by atoms with Crippen molar-refractivity contribution >= 4 is 16.7 Å². The summed E-state index contributed by atoms with van der Waals surface area (Å²) in [7, 11) is 0. The number of carbonyl (C=O) groups excluding carboxylic acids is 1. The second kappa shape index (κ2) is 3.22. The van der Waals surface area contributed by atoms with Crippen LogP contribution in [0, 0.1) is 6.92 Å². The van der Waals surface area contributed by atoms with Gasteiger partial charge in [0, 0.05) is 16.6 Å². The van der Waals surface area contributed by atoms with Crippen LogP contribution in [-0.4, -0.2) is 10.8 Å². The van der Waals surface area contributed by atoms with Crippen LogP contribution in [0.15, 0.2) is 30.3 Å². The van der Waals surface area contributed by atoms with Crippen molar-refractivity contribution in [3.8, 4) is 0 Å². The third kappa shape index (κ3) is 1.39. The predicted molar refractivity (Wildman–Crippen MR) is 56.5 cm³/mol. The van der Waals surface area contributed by atoms with Crippen molar-refractivity contribution in [2.45, 2.75) is 13.8 Å². The molecule has 0 amide bonds. The van der Waals surface area contributed by atoms with Crippen molar-refractivity contribution in [2.75, 3.05) is 0 Å². The summed E-state index contributed by atoms with van der Waals surface area (Å²) in [6.07, 6.45) is 0. The fourth-order valence-electron chi connectivity index (χ4n) is 1.53. The van der Waals surface area contributed by atoms with Gasteiger partial charge in [-0.2, -0.15) is 0 Å². The lowest BCUT2D eigenvalue weighted by atomic mass is 10.1. The molecule has 0 radical (unpaired) electrons. The van der Waals surface area contributed by atoms with Crippen molar-refractivity contribution in [3.05, 3.63) is 41.6 Å². The van der Waals surface area contributed by atoms with Crippen LogP contribution in [0.5, 0.6) is 0 Å². The molecule has 2 nitrogen and oxygen atoms in total. The Morgan fingerprint density at radius 2 is 2.00 bits per heavy atom. The van der Waals surface area contributed by atoms with E-state index in [9.17, 15) is 4.79 Å². The summed E-state index contributed by atoms with van der Waals surface area (Å²) < 4.78 is 0. The second-order valence-electron chi connectivity index (χ2n) is 3.39. The third-order valence-corrected chi connectivity index (χ3v) is 2.24. The molecule has 0 aliphatic carbocycles. The molecule has 2 rings (SSSR count). The van der Waals surface area contributed by atoms with Crippen molar-refractivity contribution in [1.82, 2.24) is 4.98 Å². The second-order valence-corrected chi connectivity index (χ2v) is 3.39. The number of fused-ring (bicyclic) bond motifs is 1. The van der Waals surface area contributed by atoms with Crippen LogP contribution in [-0.2, 0) is 0 Å². The standard InChI is InChI=1S/C12H11NO/c1-8-6-7-10-4-3-5-11(9(2)14)12(10)13-8/h3-7H,1-2H3. The number of aryl methyl sites for hydroxylation is 1. The van der Waals surface area contributed by atoms with Crippen LogP contribution in [0.1, 0.15) is 23.0 Å². The fourth-order valence-corrected chi connectivity index (χ4v) is 1.53. The molecule has 1 heterocycles. The Morgan fingerprint density at radius 1 is 1.21 bits per heavy atom. The van der Waals surface area contributed by atoms with Gasteiger partial charge in [0.2, 0.25) is 0 Å². The van der Waals surface area contributed by atoms with E-state index in [2.05, 4.69) is 4.98 Å². The Bertz CT molecular complexity index is 503. The molecule has 14 heavy (non-hydrogen) atoms. The van der Waals surface area contributed by atoms with Gasteiger partial charge in [0.15, 0.2) is 5.78 Å². The van der Waals surface area contributed by atoms with Gasteiger partial charge >= 0.3 is 0 Å². The van der Waals surface area contributed by atoms with Gasteiger partial charge in [-0.1, -0.05) is 18.2 Å². The molecule has 0 saturated heterocycles. The van der Waals surface area contributed by atoms with Gasteiger partial charge in [-0.25, -0.2) is 0 Å². The number of aromatic nitrogens is 1. The van der Waals surface area contributed by atoms with Gasteiger partial charge in [-0.05, 0) is 26.0 Å². The number of carbonyl (C=O) groups is 1. The van der Waals surface area contributed by atoms with Crippen LogP contribution < -0.4 is 0 Å². The number of hydrogen-bond acceptors (Lipinski definition) is 2. The van der Waals surface area contributed by atoms with Crippen LogP contribution in [0.25, 0.3) is 10.9 Å². The third-order valence-electron chi connectivity index (χ3n) is 2.24. The largest absolute Gasteiger partial charge is 0.294 e. The number of pyridine rings is 1. The van der Waals surface area contributed by atoms with Gasteiger partial charge in [0.1, 0.15) is 0 Å². The summed E-state index contributed by atoms with van der Waals surface area (Å²) in [5, 5.41) is 1.02. The average molecular weight is 185 g/mol. The van der Waals surface area contributed by atoms with E-state index >= 15 is 0 Å². The maximum absolute atomic E-state index is 11.3. The maximum Gasteiger partial charge on any atom is 0.161 e. The summed E-state index contributed by atoms with van der Waals surface area (Å²) in [6, 6.07) is 9.61. The number of ketones is 1. The molecule has 0 spiro atoms. The fraction of sp³-hybridized carbons (Fsp3) is 0.167. The lowest BCUT2D eigenvalue weighted by molar-refractivity contribution is 0.101. The highest BCUT2D eigenvalue weighted by atomic mass is 16.1. The number of benzene rings is 1. The van der Waals surface area contributed by atoms with E-state index in [1.54, 1.807) is 6.92 Å². The molecule has 1 aromatic carbocycles. The Labute approximate surface area is 82.6 Å². The van der Waals surface area contributed by atoms with Crippen LogP contribution in [0.4, 0.5) is 0 Å². The maximum atomic E-state index is 11.3. The Morgan fingerprint density at radius 3 is 2.71 bits per heavy atom. The van der Waals surface area contributed by atoms with Gasteiger partial charge in [-0.15, -0.1) is 0 Å². The van der Waals surface area contributed by atoms with Gasteiger partial charge in [-0.3, -0.25) is 9.78 Å². The molecule has 0 fully saturated rings. The SMILES string of the molecule is CC(=O)c1cccc2ccc(C)nc12. The summed E-state index contributed by atoms with van der Waals surface area (Å²) in [6.45, 7) is 3.50.